The maximum Gasteiger partial charge on any atom is 0.358 e. The molecule has 6 nitrogen and oxygen atoms in total. The van der Waals surface area contributed by atoms with Gasteiger partial charge in [-0.3, -0.25) is 4.68 Å². The molecular weight excluding hydrogens is 320 g/mol. The lowest BCUT2D eigenvalue weighted by Crippen LogP contribution is -2.09. The van der Waals surface area contributed by atoms with Gasteiger partial charge in [-0.1, -0.05) is 17.3 Å². The van der Waals surface area contributed by atoms with E-state index in [9.17, 15) is 13.6 Å². The van der Waals surface area contributed by atoms with Crippen molar-refractivity contribution in [1.82, 2.24) is 14.9 Å². The van der Waals surface area contributed by atoms with Crippen molar-refractivity contribution in [1.29, 1.82) is 0 Å². The molecule has 0 bridgehead atoms. The van der Waals surface area contributed by atoms with Crippen LogP contribution in [0.4, 0.5) is 8.78 Å². The fraction of sp³-hybridized carbons (Fsp3) is 0.188. The Bertz CT molecular complexity index is 860. The van der Waals surface area contributed by atoms with Crippen LogP contribution >= 0.6 is 0 Å². The SMILES string of the molecule is CCOC(=O)c1cc(-c2ccon2)n(Cc2cccc(F)c2F)n1. The van der Waals surface area contributed by atoms with Crippen LogP contribution in [0, 0.1) is 11.6 Å². The Labute approximate surface area is 135 Å². The van der Waals surface area contributed by atoms with Crippen molar-refractivity contribution >= 4 is 5.97 Å². The van der Waals surface area contributed by atoms with Crippen molar-refractivity contribution in [2.45, 2.75) is 13.5 Å². The molecule has 0 atom stereocenters. The van der Waals surface area contributed by atoms with E-state index in [4.69, 9.17) is 9.26 Å². The highest BCUT2D eigenvalue weighted by Gasteiger charge is 2.19. The van der Waals surface area contributed by atoms with Crippen molar-refractivity contribution in [2.24, 2.45) is 0 Å². The van der Waals surface area contributed by atoms with E-state index >= 15 is 0 Å². The zero-order valence-corrected chi connectivity index (χ0v) is 12.7. The molecular formula is C16H13F2N3O3. The summed E-state index contributed by atoms with van der Waals surface area (Å²) in [5, 5.41) is 7.91. The standard InChI is InChI=1S/C16H13F2N3O3/c1-2-23-16(22)13-8-14(12-6-7-24-20-12)21(19-13)9-10-4-3-5-11(17)15(10)18/h3-8H,2,9H2,1H3. The van der Waals surface area contributed by atoms with Gasteiger partial charge in [0.2, 0.25) is 0 Å². The number of carbonyl (C=O) groups excluding carboxylic acids is 1. The minimum absolute atomic E-state index is 0.0478. The third-order valence-electron chi connectivity index (χ3n) is 3.32. The summed E-state index contributed by atoms with van der Waals surface area (Å²) >= 11 is 0. The number of nitrogens with zero attached hydrogens (tertiary/aromatic N) is 3. The summed E-state index contributed by atoms with van der Waals surface area (Å²) < 4.78 is 38.3. The lowest BCUT2D eigenvalue weighted by atomic mass is 10.2. The fourth-order valence-electron chi connectivity index (χ4n) is 2.22. The van der Waals surface area contributed by atoms with E-state index in [2.05, 4.69) is 10.3 Å². The number of aromatic nitrogens is 3. The molecule has 0 amide bonds. The van der Waals surface area contributed by atoms with E-state index in [1.807, 2.05) is 0 Å². The molecule has 0 fully saturated rings. The van der Waals surface area contributed by atoms with Crippen molar-refractivity contribution in [3.8, 4) is 11.4 Å². The number of rotatable bonds is 5. The van der Waals surface area contributed by atoms with Crippen molar-refractivity contribution in [3.05, 3.63) is 59.5 Å². The molecule has 0 saturated carbocycles. The van der Waals surface area contributed by atoms with E-state index in [1.165, 1.54) is 29.1 Å². The zero-order chi connectivity index (χ0) is 17.1. The van der Waals surface area contributed by atoms with Crippen molar-refractivity contribution in [3.63, 3.8) is 0 Å². The Balaban J connectivity index is 2.02. The van der Waals surface area contributed by atoms with Crippen molar-refractivity contribution in [2.75, 3.05) is 6.61 Å². The number of hydrogen-bond acceptors (Lipinski definition) is 5. The summed E-state index contributed by atoms with van der Waals surface area (Å²) in [4.78, 5) is 11.9. The second-order valence-electron chi connectivity index (χ2n) is 4.89. The quantitative estimate of drug-likeness (QED) is 0.671. The van der Waals surface area contributed by atoms with Crippen LogP contribution in [-0.4, -0.2) is 27.5 Å². The normalized spacial score (nSPS) is 10.8. The molecule has 0 spiro atoms. The third kappa shape index (κ3) is 3.03. The number of benzene rings is 1. The molecule has 2 aromatic heterocycles. The number of ether oxygens (including phenoxy) is 1. The predicted molar refractivity (Wildman–Crippen MR) is 79.1 cm³/mol. The summed E-state index contributed by atoms with van der Waals surface area (Å²) in [7, 11) is 0. The molecule has 0 aliphatic carbocycles. The molecule has 24 heavy (non-hydrogen) atoms. The van der Waals surface area contributed by atoms with Crippen LogP contribution in [0.25, 0.3) is 11.4 Å². The molecule has 0 aliphatic heterocycles. The minimum Gasteiger partial charge on any atom is -0.461 e. The van der Waals surface area contributed by atoms with Gasteiger partial charge in [0.25, 0.3) is 0 Å². The highest BCUT2D eigenvalue weighted by atomic mass is 19.2. The van der Waals surface area contributed by atoms with Crippen LogP contribution in [-0.2, 0) is 11.3 Å². The lowest BCUT2D eigenvalue weighted by molar-refractivity contribution is 0.0518. The third-order valence-corrected chi connectivity index (χ3v) is 3.32. The Morgan fingerprint density at radius 3 is 2.88 bits per heavy atom. The van der Waals surface area contributed by atoms with Gasteiger partial charge in [0.15, 0.2) is 17.3 Å². The Kier molecular flexibility index (Phi) is 4.37. The van der Waals surface area contributed by atoms with E-state index in [0.29, 0.717) is 11.4 Å². The number of hydrogen-bond donors (Lipinski definition) is 0. The summed E-state index contributed by atoms with van der Waals surface area (Å²) in [5.41, 5.74) is 0.982. The van der Waals surface area contributed by atoms with Gasteiger partial charge in [0.1, 0.15) is 12.0 Å². The first-order valence-corrected chi connectivity index (χ1v) is 7.18. The smallest absolute Gasteiger partial charge is 0.358 e. The maximum atomic E-state index is 13.9. The summed E-state index contributed by atoms with van der Waals surface area (Å²) in [5.74, 6) is -2.52. The van der Waals surface area contributed by atoms with Gasteiger partial charge < -0.3 is 9.26 Å². The maximum absolute atomic E-state index is 13.9. The molecule has 3 rings (SSSR count). The first kappa shape index (κ1) is 15.9. The van der Waals surface area contributed by atoms with E-state index in [-0.39, 0.29) is 24.4 Å². The second kappa shape index (κ2) is 6.61. The van der Waals surface area contributed by atoms with Gasteiger partial charge in [-0.2, -0.15) is 5.10 Å². The van der Waals surface area contributed by atoms with E-state index < -0.39 is 17.6 Å². The lowest BCUT2D eigenvalue weighted by Gasteiger charge is -2.07. The predicted octanol–water partition coefficient (Wildman–Crippen LogP) is 3.04. The summed E-state index contributed by atoms with van der Waals surface area (Å²) in [6.07, 6.45) is 1.36. The molecule has 2 heterocycles. The Hall–Kier alpha value is -3.03. The average Bonchev–Trinajstić information content (AvgIpc) is 3.21. The number of carbonyl (C=O) groups is 1. The van der Waals surface area contributed by atoms with Gasteiger partial charge in [-0.25, -0.2) is 13.6 Å². The van der Waals surface area contributed by atoms with Crippen LogP contribution < -0.4 is 0 Å². The van der Waals surface area contributed by atoms with Gasteiger partial charge in [0, 0.05) is 17.7 Å². The monoisotopic (exact) mass is 333 g/mol. The van der Waals surface area contributed by atoms with Gasteiger partial charge >= 0.3 is 5.97 Å². The van der Waals surface area contributed by atoms with Crippen LogP contribution in [0.2, 0.25) is 0 Å². The van der Waals surface area contributed by atoms with E-state index in [0.717, 1.165) is 6.07 Å². The molecule has 0 aliphatic rings. The molecule has 0 saturated heterocycles. The van der Waals surface area contributed by atoms with Gasteiger partial charge in [-0.05, 0) is 13.0 Å². The molecule has 1 aromatic carbocycles. The highest BCUT2D eigenvalue weighted by Crippen LogP contribution is 2.22. The minimum atomic E-state index is -0.961. The summed E-state index contributed by atoms with van der Waals surface area (Å²) in [6.45, 7) is 1.80. The average molecular weight is 333 g/mol. The number of esters is 1. The topological polar surface area (TPSA) is 70.2 Å². The van der Waals surface area contributed by atoms with Crippen LogP contribution in [0.15, 0.2) is 41.1 Å². The van der Waals surface area contributed by atoms with E-state index in [1.54, 1.807) is 13.0 Å². The first-order valence-electron chi connectivity index (χ1n) is 7.18. The zero-order valence-electron chi connectivity index (χ0n) is 12.7. The number of halogens is 2. The first-order chi connectivity index (χ1) is 11.6. The molecule has 0 unspecified atom stereocenters. The Morgan fingerprint density at radius 1 is 1.33 bits per heavy atom. The molecule has 3 aromatic rings. The summed E-state index contributed by atoms with van der Waals surface area (Å²) in [6, 6.07) is 6.91. The van der Waals surface area contributed by atoms with Crippen LogP contribution in [0.3, 0.4) is 0 Å². The largest absolute Gasteiger partial charge is 0.461 e. The Morgan fingerprint density at radius 2 is 2.17 bits per heavy atom. The highest BCUT2D eigenvalue weighted by molar-refractivity contribution is 5.88. The van der Waals surface area contributed by atoms with Gasteiger partial charge in [-0.15, -0.1) is 0 Å². The second-order valence-corrected chi connectivity index (χ2v) is 4.89. The molecule has 8 heteroatoms. The molecule has 124 valence electrons. The fourth-order valence-corrected chi connectivity index (χ4v) is 2.22. The van der Waals surface area contributed by atoms with Crippen LogP contribution in [0.1, 0.15) is 23.0 Å². The van der Waals surface area contributed by atoms with Gasteiger partial charge in [0.05, 0.1) is 18.8 Å². The molecule has 0 radical (unpaired) electrons. The van der Waals surface area contributed by atoms with Crippen molar-refractivity contribution < 1.29 is 22.8 Å². The van der Waals surface area contributed by atoms with Crippen LogP contribution in [0.5, 0.6) is 0 Å². The molecule has 0 N–H and O–H groups in total.